The third kappa shape index (κ3) is 6.85. The number of alkyl halides is 3. The predicted molar refractivity (Wildman–Crippen MR) is 139 cm³/mol. The fourth-order valence-corrected chi connectivity index (χ4v) is 4.32. The van der Waals surface area contributed by atoms with E-state index in [0.717, 1.165) is 17.0 Å². The van der Waals surface area contributed by atoms with E-state index in [4.69, 9.17) is 17.3 Å². The summed E-state index contributed by atoms with van der Waals surface area (Å²) in [5, 5.41) is 5.61. The number of rotatable bonds is 6. The third-order valence-electron chi connectivity index (χ3n) is 6.07. The number of benzene rings is 2. The summed E-state index contributed by atoms with van der Waals surface area (Å²) in [4.78, 5) is 36.3. The lowest BCUT2D eigenvalue weighted by Crippen LogP contribution is -2.51. The van der Waals surface area contributed by atoms with Crippen molar-refractivity contribution in [3.8, 4) is 0 Å². The molecule has 2 aromatic carbocycles. The van der Waals surface area contributed by atoms with Gasteiger partial charge >= 0.3 is 12.2 Å². The van der Waals surface area contributed by atoms with E-state index in [0.29, 0.717) is 37.4 Å². The lowest BCUT2D eigenvalue weighted by molar-refractivity contribution is -0.137. The van der Waals surface area contributed by atoms with Crippen molar-refractivity contribution in [3.05, 3.63) is 70.8 Å². The minimum absolute atomic E-state index is 0.00981. The largest absolute Gasteiger partial charge is 0.416 e. The standard InChI is InChI=1S/C25H24ClF4N7O2/c1-36(19-10-14(25(28,29)30)9-15(26)11-19)24(39)34-18-3-2-8-37(13-18)20-12-32-21(22(31)38)23(35-20)33-17-6-4-16(27)5-7-17/h4-7,9-12,18H,2-3,8,13H2,1H3,(H2,31,38)(H,33,35)(H,34,39)/t18-/m1/s1. The highest BCUT2D eigenvalue weighted by Gasteiger charge is 2.32. The number of primary amides is 1. The number of urea groups is 1. The van der Waals surface area contributed by atoms with Gasteiger partial charge < -0.3 is 21.3 Å². The Morgan fingerprint density at radius 2 is 1.90 bits per heavy atom. The van der Waals surface area contributed by atoms with Gasteiger partial charge in [0.1, 0.15) is 11.6 Å². The van der Waals surface area contributed by atoms with Crippen molar-refractivity contribution < 1.29 is 27.2 Å². The van der Waals surface area contributed by atoms with Crippen molar-refractivity contribution in [1.82, 2.24) is 15.3 Å². The molecule has 1 aliphatic rings. The van der Waals surface area contributed by atoms with Crippen molar-refractivity contribution in [2.45, 2.75) is 25.1 Å². The molecule has 0 aliphatic carbocycles. The highest BCUT2D eigenvalue weighted by Crippen LogP contribution is 2.34. The maximum absolute atomic E-state index is 13.3. The lowest BCUT2D eigenvalue weighted by atomic mass is 10.1. The van der Waals surface area contributed by atoms with Crippen molar-refractivity contribution in [1.29, 1.82) is 0 Å². The molecule has 3 amide bonds. The highest BCUT2D eigenvalue weighted by molar-refractivity contribution is 6.31. The summed E-state index contributed by atoms with van der Waals surface area (Å²) in [6.07, 6.45) is -1.94. The Kier molecular flexibility index (Phi) is 8.09. The fraction of sp³-hybridized carbons (Fsp3) is 0.280. The number of hydrogen-bond acceptors (Lipinski definition) is 6. The number of hydrogen-bond donors (Lipinski definition) is 3. The van der Waals surface area contributed by atoms with Crippen molar-refractivity contribution in [2.24, 2.45) is 5.73 Å². The topological polar surface area (TPSA) is 116 Å². The number of nitrogens with one attached hydrogen (secondary N) is 2. The first-order valence-electron chi connectivity index (χ1n) is 11.8. The number of piperidine rings is 1. The van der Waals surface area contributed by atoms with Crippen LogP contribution in [0.1, 0.15) is 28.9 Å². The summed E-state index contributed by atoms with van der Waals surface area (Å²) >= 11 is 5.86. The molecule has 14 heteroatoms. The van der Waals surface area contributed by atoms with Crippen molar-refractivity contribution in [2.75, 3.05) is 35.3 Å². The third-order valence-corrected chi connectivity index (χ3v) is 6.29. The Labute approximate surface area is 226 Å². The van der Waals surface area contributed by atoms with Crippen LogP contribution in [-0.4, -0.2) is 48.1 Å². The number of carbonyl (C=O) groups is 2. The van der Waals surface area contributed by atoms with Gasteiger partial charge in [-0.15, -0.1) is 0 Å². The zero-order valence-corrected chi connectivity index (χ0v) is 21.4. The summed E-state index contributed by atoms with van der Waals surface area (Å²) in [7, 11) is 1.35. The first kappa shape index (κ1) is 27.9. The fourth-order valence-electron chi connectivity index (χ4n) is 4.09. The lowest BCUT2D eigenvalue weighted by Gasteiger charge is -2.34. The first-order chi connectivity index (χ1) is 18.4. The molecule has 3 aromatic rings. The summed E-state index contributed by atoms with van der Waals surface area (Å²) in [6, 6.07) is 7.37. The van der Waals surface area contributed by atoms with Gasteiger partial charge in [0, 0.05) is 42.6 Å². The number of anilines is 4. The Bertz CT molecular complexity index is 1370. The molecule has 0 radical (unpaired) electrons. The molecular weight excluding hydrogens is 542 g/mol. The minimum atomic E-state index is -4.61. The van der Waals surface area contributed by atoms with Crippen LogP contribution in [0.15, 0.2) is 48.7 Å². The summed E-state index contributed by atoms with van der Waals surface area (Å²) in [5.74, 6) is -0.751. The maximum atomic E-state index is 13.3. The second-order valence-corrected chi connectivity index (χ2v) is 9.35. The van der Waals surface area contributed by atoms with Crippen LogP contribution >= 0.6 is 11.6 Å². The molecule has 1 fully saturated rings. The Morgan fingerprint density at radius 3 is 2.56 bits per heavy atom. The van der Waals surface area contributed by atoms with Crippen LogP contribution in [0.3, 0.4) is 0 Å². The Hall–Kier alpha value is -4.13. The van der Waals surface area contributed by atoms with Gasteiger partial charge in [-0.25, -0.2) is 19.2 Å². The average molecular weight is 566 g/mol. The number of carbonyl (C=O) groups excluding carboxylic acids is 2. The summed E-state index contributed by atoms with van der Waals surface area (Å²) in [5.41, 5.74) is 4.83. The minimum Gasteiger partial charge on any atom is -0.364 e. The predicted octanol–water partition coefficient (Wildman–Crippen LogP) is 4.95. The average Bonchev–Trinajstić information content (AvgIpc) is 2.88. The van der Waals surface area contributed by atoms with Gasteiger partial charge in [0.15, 0.2) is 11.5 Å². The number of amides is 3. The van der Waals surface area contributed by atoms with Crippen LogP contribution in [0, 0.1) is 5.82 Å². The Balaban J connectivity index is 1.48. The molecule has 1 saturated heterocycles. The number of nitrogens with two attached hydrogens (primary N) is 1. The second kappa shape index (κ2) is 11.3. The zero-order valence-electron chi connectivity index (χ0n) is 20.6. The number of halogens is 5. The maximum Gasteiger partial charge on any atom is 0.416 e. The van der Waals surface area contributed by atoms with E-state index < -0.39 is 29.5 Å². The molecule has 1 aromatic heterocycles. The van der Waals surface area contributed by atoms with E-state index >= 15 is 0 Å². The SMILES string of the molecule is CN(C(=O)N[C@@H]1CCCN(c2cnc(C(N)=O)c(Nc3ccc(F)cc3)n2)C1)c1cc(Cl)cc(C(F)(F)F)c1. The Morgan fingerprint density at radius 1 is 1.18 bits per heavy atom. The molecule has 0 unspecified atom stereocenters. The highest BCUT2D eigenvalue weighted by atomic mass is 35.5. The summed E-state index contributed by atoms with van der Waals surface area (Å²) < 4.78 is 52.8. The van der Waals surface area contributed by atoms with E-state index in [1.807, 2.05) is 4.90 Å². The summed E-state index contributed by atoms with van der Waals surface area (Å²) in [6.45, 7) is 0.898. The van der Waals surface area contributed by atoms with Gasteiger partial charge in [0.2, 0.25) is 0 Å². The van der Waals surface area contributed by atoms with Crippen LogP contribution in [0.4, 0.5) is 45.4 Å². The normalized spacial score (nSPS) is 15.5. The van der Waals surface area contributed by atoms with Crippen molar-refractivity contribution in [3.63, 3.8) is 0 Å². The molecule has 206 valence electrons. The smallest absolute Gasteiger partial charge is 0.364 e. The van der Waals surface area contributed by atoms with E-state index in [9.17, 15) is 27.2 Å². The van der Waals surface area contributed by atoms with Gasteiger partial charge in [-0.2, -0.15) is 13.2 Å². The molecule has 1 atom stereocenters. The molecule has 1 aliphatic heterocycles. The molecular formula is C25H24ClF4N7O2. The second-order valence-electron chi connectivity index (χ2n) is 8.91. The molecule has 0 saturated carbocycles. The monoisotopic (exact) mass is 565 g/mol. The molecule has 4 N–H and O–H groups in total. The van der Waals surface area contributed by atoms with Crippen LogP contribution in [0.2, 0.25) is 5.02 Å². The van der Waals surface area contributed by atoms with Gasteiger partial charge in [0.05, 0.1) is 11.8 Å². The van der Waals surface area contributed by atoms with Gasteiger partial charge in [-0.05, 0) is 55.3 Å². The molecule has 0 bridgehead atoms. The molecule has 2 heterocycles. The van der Waals surface area contributed by atoms with E-state index in [1.165, 1.54) is 43.6 Å². The zero-order chi connectivity index (χ0) is 28.3. The molecule has 39 heavy (non-hydrogen) atoms. The van der Waals surface area contributed by atoms with Crippen LogP contribution in [0.25, 0.3) is 0 Å². The van der Waals surface area contributed by atoms with Gasteiger partial charge in [-0.1, -0.05) is 11.6 Å². The molecule has 9 nitrogen and oxygen atoms in total. The van der Waals surface area contributed by atoms with Crippen LogP contribution in [-0.2, 0) is 6.18 Å². The number of nitrogens with zero attached hydrogens (tertiary/aromatic N) is 4. The van der Waals surface area contributed by atoms with Crippen LogP contribution in [0.5, 0.6) is 0 Å². The van der Waals surface area contributed by atoms with E-state index in [2.05, 4.69) is 20.6 Å². The quantitative estimate of drug-likeness (QED) is 0.364. The van der Waals surface area contributed by atoms with Crippen LogP contribution < -0.4 is 26.2 Å². The van der Waals surface area contributed by atoms with Gasteiger partial charge in [-0.3, -0.25) is 9.69 Å². The van der Waals surface area contributed by atoms with E-state index in [1.54, 1.807) is 0 Å². The molecule has 0 spiro atoms. The first-order valence-corrected chi connectivity index (χ1v) is 12.1. The van der Waals surface area contributed by atoms with Gasteiger partial charge in [0.25, 0.3) is 5.91 Å². The van der Waals surface area contributed by atoms with E-state index in [-0.39, 0.29) is 28.3 Å². The van der Waals surface area contributed by atoms with Crippen molar-refractivity contribution >= 4 is 46.5 Å². The number of aromatic nitrogens is 2. The molecule has 4 rings (SSSR count).